The van der Waals surface area contributed by atoms with E-state index in [9.17, 15) is 13.2 Å². The van der Waals surface area contributed by atoms with Crippen LogP contribution in [0.25, 0.3) is 0 Å². The second-order valence-corrected chi connectivity index (χ2v) is 9.46. The molecule has 0 spiro atoms. The first-order chi connectivity index (χ1) is 15.5. The zero-order valence-corrected chi connectivity index (χ0v) is 18.3. The highest BCUT2D eigenvalue weighted by Gasteiger charge is 2.25. The molecule has 0 aromatic heterocycles. The van der Waals surface area contributed by atoms with Crippen LogP contribution in [0.5, 0.6) is 0 Å². The van der Waals surface area contributed by atoms with Gasteiger partial charge in [-0.3, -0.25) is 4.79 Å². The number of rotatable bonds is 6. The smallest absolute Gasteiger partial charge is 0.255 e. The van der Waals surface area contributed by atoms with Gasteiger partial charge in [0.2, 0.25) is 10.0 Å². The number of carbonyl (C=O) groups is 1. The van der Waals surface area contributed by atoms with Crippen molar-refractivity contribution < 1.29 is 13.2 Å². The Labute approximate surface area is 187 Å². The van der Waals surface area contributed by atoms with Crippen molar-refractivity contribution in [3.05, 3.63) is 84.4 Å². The largest absolute Gasteiger partial charge is 0.322 e. The molecule has 1 aliphatic rings. The highest BCUT2D eigenvalue weighted by Crippen LogP contribution is 2.22. The van der Waals surface area contributed by atoms with Crippen molar-refractivity contribution in [1.29, 1.82) is 0 Å². The minimum atomic E-state index is -3.51. The summed E-state index contributed by atoms with van der Waals surface area (Å²) in [7, 11) is -3.51. The van der Waals surface area contributed by atoms with E-state index in [0.717, 1.165) is 24.9 Å². The minimum absolute atomic E-state index is 0.212. The first-order valence-electron chi connectivity index (χ1n) is 10.5. The summed E-state index contributed by atoms with van der Waals surface area (Å²) >= 11 is 0. The number of sulfonamides is 1. The summed E-state index contributed by atoms with van der Waals surface area (Å²) in [5.74, 6) is -0.314. The predicted molar refractivity (Wildman–Crippen MR) is 124 cm³/mol. The molecule has 7 nitrogen and oxygen atoms in total. The van der Waals surface area contributed by atoms with E-state index in [4.69, 9.17) is 0 Å². The second kappa shape index (κ2) is 9.84. The number of azo groups is 1. The molecule has 8 heteroatoms. The van der Waals surface area contributed by atoms with Crippen molar-refractivity contribution in [2.24, 2.45) is 10.2 Å². The van der Waals surface area contributed by atoms with Gasteiger partial charge in [0.25, 0.3) is 5.91 Å². The van der Waals surface area contributed by atoms with Gasteiger partial charge in [-0.05, 0) is 73.5 Å². The molecule has 0 atom stereocenters. The van der Waals surface area contributed by atoms with Crippen LogP contribution in [-0.2, 0) is 10.0 Å². The van der Waals surface area contributed by atoms with Crippen molar-refractivity contribution in [3.8, 4) is 0 Å². The van der Waals surface area contributed by atoms with E-state index in [1.165, 1.54) is 28.6 Å². The van der Waals surface area contributed by atoms with Gasteiger partial charge in [0, 0.05) is 24.3 Å². The molecular weight excluding hydrogens is 424 g/mol. The van der Waals surface area contributed by atoms with Crippen LogP contribution in [0.1, 0.15) is 29.6 Å². The summed E-state index contributed by atoms with van der Waals surface area (Å²) in [4.78, 5) is 12.8. The summed E-state index contributed by atoms with van der Waals surface area (Å²) in [6.07, 6.45) is 2.82. The first kappa shape index (κ1) is 21.9. The zero-order chi connectivity index (χ0) is 22.4. The molecule has 1 saturated heterocycles. The number of piperidine rings is 1. The van der Waals surface area contributed by atoms with Crippen LogP contribution in [0.4, 0.5) is 17.1 Å². The van der Waals surface area contributed by atoms with Gasteiger partial charge in [0.05, 0.1) is 16.3 Å². The second-order valence-electron chi connectivity index (χ2n) is 7.53. The third kappa shape index (κ3) is 5.27. The Balaban J connectivity index is 1.39. The van der Waals surface area contributed by atoms with Gasteiger partial charge in [0.15, 0.2) is 0 Å². The van der Waals surface area contributed by atoms with Gasteiger partial charge in [-0.1, -0.05) is 24.6 Å². The molecule has 0 bridgehead atoms. The molecule has 0 saturated carbocycles. The van der Waals surface area contributed by atoms with Crippen LogP contribution in [0.2, 0.25) is 0 Å². The maximum Gasteiger partial charge on any atom is 0.255 e. The third-order valence-corrected chi connectivity index (χ3v) is 7.14. The summed E-state index contributed by atoms with van der Waals surface area (Å²) in [6, 6.07) is 22.5. The SMILES string of the molecule is O=C(Nc1ccc(N=Nc2ccccc2)cc1)c1ccc(S(=O)(=O)N2CCCCC2)cc1. The van der Waals surface area contributed by atoms with Gasteiger partial charge >= 0.3 is 0 Å². The number of nitrogens with one attached hydrogen (secondary N) is 1. The van der Waals surface area contributed by atoms with Crippen LogP contribution in [0, 0.1) is 0 Å². The van der Waals surface area contributed by atoms with Crippen molar-refractivity contribution in [2.45, 2.75) is 24.2 Å². The Hall–Kier alpha value is -3.36. The summed E-state index contributed by atoms with van der Waals surface area (Å²) in [5.41, 5.74) is 2.42. The molecule has 0 unspecified atom stereocenters. The third-order valence-electron chi connectivity index (χ3n) is 5.23. The van der Waals surface area contributed by atoms with E-state index in [2.05, 4.69) is 15.5 Å². The van der Waals surface area contributed by atoms with Crippen LogP contribution in [0.3, 0.4) is 0 Å². The van der Waals surface area contributed by atoms with Crippen molar-refractivity contribution in [2.75, 3.05) is 18.4 Å². The van der Waals surface area contributed by atoms with E-state index >= 15 is 0 Å². The predicted octanol–water partition coefficient (Wildman–Crippen LogP) is 5.53. The highest BCUT2D eigenvalue weighted by atomic mass is 32.2. The van der Waals surface area contributed by atoms with Gasteiger partial charge < -0.3 is 5.32 Å². The average molecular weight is 449 g/mol. The number of carbonyl (C=O) groups excluding carboxylic acids is 1. The van der Waals surface area contributed by atoms with Crippen molar-refractivity contribution >= 4 is 33.0 Å². The fourth-order valence-corrected chi connectivity index (χ4v) is 4.97. The Morgan fingerprint density at radius 3 is 1.97 bits per heavy atom. The Bertz CT molecular complexity index is 1190. The van der Waals surface area contributed by atoms with E-state index in [1.54, 1.807) is 24.3 Å². The molecule has 0 radical (unpaired) electrons. The van der Waals surface area contributed by atoms with E-state index < -0.39 is 10.0 Å². The quantitative estimate of drug-likeness (QED) is 0.503. The molecule has 1 aliphatic heterocycles. The molecule has 1 fully saturated rings. The summed E-state index contributed by atoms with van der Waals surface area (Å²) < 4.78 is 27.0. The molecule has 0 aliphatic carbocycles. The Morgan fingerprint density at radius 1 is 0.750 bits per heavy atom. The maximum absolute atomic E-state index is 12.7. The topological polar surface area (TPSA) is 91.2 Å². The van der Waals surface area contributed by atoms with Gasteiger partial charge in [-0.15, -0.1) is 0 Å². The number of hydrogen-bond donors (Lipinski definition) is 1. The normalized spacial score (nSPS) is 15.0. The molecule has 164 valence electrons. The lowest BCUT2D eigenvalue weighted by molar-refractivity contribution is 0.102. The highest BCUT2D eigenvalue weighted by molar-refractivity contribution is 7.89. The molecule has 1 amide bonds. The lowest BCUT2D eigenvalue weighted by atomic mass is 10.2. The number of nitrogens with zero attached hydrogens (tertiary/aromatic N) is 3. The van der Waals surface area contributed by atoms with Crippen LogP contribution < -0.4 is 5.32 Å². The Morgan fingerprint density at radius 2 is 1.34 bits per heavy atom. The molecule has 3 aromatic rings. The lowest BCUT2D eigenvalue weighted by Gasteiger charge is -2.25. The van der Waals surface area contributed by atoms with Crippen molar-refractivity contribution in [1.82, 2.24) is 4.31 Å². The Kier molecular flexibility index (Phi) is 6.72. The van der Waals surface area contributed by atoms with Gasteiger partial charge in [-0.25, -0.2) is 8.42 Å². The maximum atomic E-state index is 12.7. The van der Waals surface area contributed by atoms with Crippen molar-refractivity contribution in [3.63, 3.8) is 0 Å². The summed E-state index contributed by atoms with van der Waals surface area (Å²) in [5, 5.41) is 11.1. The number of benzene rings is 3. The monoisotopic (exact) mass is 448 g/mol. The number of hydrogen-bond acceptors (Lipinski definition) is 5. The molecule has 4 rings (SSSR count). The standard InChI is InChI=1S/C24H24N4O3S/c29-24(19-9-15-23(16-10-19)32(30,31)28-17-5-2-6-18-28)25-20-11-13-22(14-12-20)27-26-21-7-3-1-4-8-21/h1,3-4,7-16H,2,5-6,17-18H2,(H,25,29). The molecule has 1 heterocycles. The van der Waals surface area contributed by atoms with Gasteiger partial charge in [-0.2, -0.15) is 14.5 Å². The van der Waals surface area contributed by atoms with E-state index in [1.807, 2.05) is 30.3 Å². The number of amides is 1. The fourth-order valence-electron chi connectivity index (χ4n) is 3.46. The van der Waals surface area contributed by atoms with Crippen LogP contribution in [0.15, 0.2) is 94.0 Å². The van der Waals surface area contributed by atoms with Crippen LogP contribution >= 0.6 is 0 Å². The molecule has 1 N–H and O–H groups in total. The zero-order valence-electron chi connectivity index (χ0n) is 17.5. The van der Waals surface area contributed by atoms with Crippen LogP contribution in [-0.4, -0.2) is 31.7 Å². The summed E-state index contributed by atoms with van der Waals surface area (Å²) in [6.45, 7) is 1.09. The fraction of sp³-hybridized carbons (Fsp3) is 0.208. The minimum Gasteiger partial charge on any atom is -0.322 e. The van der Waals surface area contributed by atoms with Gasteiger partial charge in [0.1, 0.15) is 0 Å². The molecular formula is C24H24N4O3S. The number of anilines is 1. The first-order valence-corrected chi connectivity index (χ1v) is 11.9. The molecule has 3 aromatic carbocycles. The lowest BCUT2D eigenvalue weighted by Crippen LogP contribution is -2.35. The average Bonchev–Trinajstić information content (AvgIpc) is 2.85. The van der Waals surface area contributed by atoms with E-state index in [-0.39, 0.29) is 10.8 Å². The molecule has 32 heavy (non-hydrogen) atoms. The van der Waals surface area contributed by atoms with E-state index in [0.29, 0.717) is 30.0 Å².